The van der Waals surface area contributed by atoms with Gasteiger partial charge in [-0.3, -0.25) is 4.79 Å². The van der Waals surface area contributed by atoms with Crippen LogP contribution in [0, 0.1) is 0 Å². The van der Waals surface area contributed by atoms with Crippen molar-refractivity contribution in [3.05, 3.63) is 58.5 Å². The summed E-state index contributed by atoms with van der Waals surface area (Å²) in [6.45, 7) is 3.58. The molecular weight excluding hydrogens is 386 g/mol. The molecule has 1 aliphatic rings. The zero-order valence-corrected chi connectivity index (χ0v) is 15.5. The van der Waals surface area contributed by atoms with Gasteiger partial charge in [-0.05, 0) is 66.0 Å². The van der Waals surface area contributed by atoms with Crippen molar-refractivity contribution in [2.75, 3.05) is 4.90 Å². The zero-order valence-electron chi connectivity index (χ0n) is 13.9. The van der Waals surface area contributed by atoms with E-state index in [2.05, 4.69) is 15.9 Å². The average molecular weight is 404 g/mol. The number of amides is 1. The van der Waals surface area contributed by atoms with Crippen molar-refractivity contribution in [3.63, 3.8) is 0 Å². The number of nitrogens with zero attached hydrogens (tertiary/aromatic N) is 1. The number of benzene rings is 1. The van der Waals surface area contributed by atoms with Crippen LogP contribution in [0.5, 0.6) is 0 Å². The molecule has 1 aliphatic heterocycles. The van der Waals surface area contributed by atoms with Crippen LogP contribution in [0.25, 0.3) is 6.08 Å². The Kier molecular flexibility index (Phi) is 5.08. The number of rotatable bonds is 4. The van der Waals surface area contributed by atoms with Crippen LogP contribution in [0.2, 0.25) is 0 Å². The van der Waals surface area contributed by atoms with E-state index in [0.29, 0.717) is 10.4 Å². The highest BCUT2D eigenvalue weighted by Crippen LogP contribution is 2.32. The predicted molar refractivity (Wildman–Crippen MR) is 98.1 cm³/mol. The number of anilines is 1. The fourth-order valence-corrected chi connectivity index (χ4v) is 3.25. The fourth-order valence-electron chi connectivity index (χ4n) is 2.93. The summed E-state index contributed by atoms with van der Waals surface area (Å²) in [6.07, 6.45) is 2.68. The molecule has 0 saturated heterocycles. The predicted octanol–water partition coefficient (Wildman–Crippen LogP) is 3.96. The van der Waals surface area contributed by atoms with Gasteiger partial charge in [0.05, 0.1) is 0 Å². The first-order valence-corrected chi connectivity index (χ1v) is 8.80. The number of carbonyl (C=O) groups is 2. The van der Waals surface area contributed by atoms with Crippen LogP contribution in [0.4, 0.5) is 5.69 Å². The molecule has 0 radical (unpaired) electrons. The third-order valence-electron chi connectivity index (χ3n) is 4.06. The standard InChI is InChI=1S/C19H18BrNO4/c1-12-11-14-5-3-4-6-16(14)21(12)19(23)13(2)24-18(22)10-8-15-7-9-17(20)25-15/h3-10,12-13H,11H2,1-2H3/b10-8+/t12-,13-/m0/s1. The van der Waals surface area contributed by atoms with Gasteiger partial charge in [0.2, 0.25) is 0 Å². The topological polar surface area (TPSA) is 59.8 Å². The second kappa shape index (κ2) is 7.27. The Morgan fingerprint density at radius 3 is 2.80 bits per heavy atom. The highest BCUT2D eigenvalue weighted by molar-refractivity contribution is 9.10. The molecule has 3 rings (SSSR count). The summed E-state index contributed by atoms with van der Waals surface area (Å²) < 4.78 is 11.1. The van der Waals surface area contributed by atoms with E-state index in [1.807, 2.05) is 31.2 Å². The molecule has 1 aromatic heterocycles. The number of hydrogen-bond donors (Lipinski definition) is 0. The minimum Gasteiger partial charge on any atom is -0.450 e. The normalized spacial score (nSPS) is 17.6. The minimum absolute atomic E-state index is 0.0436. The molecule has 130 valence electrons. The molecule has 1 aromatic carbocycles. The largest absolute Gasteiger partial charge is 0.450 e. The van der Waals surface area contributed by atoms with Crippen LogP contribution in [-0.2, 0) is 20.7 Å². The fraction of sp³-hybridized carbons (Fsp3) is 0.263. The van der Waals surface area contributed by atoms with Crippen LogP contribution < -0.4 is 4.90 Å². The zero-order chi connectivity index (χ0) is 18.0. The highest BCUT2D eigenvalue weighted by Gasteiger charge is 2.34. The molecule has 0 saturated carbocycles. The number of esters is 1. The van der Waals surface area contributed by atoms with Crippen LogP contribution in [0.1, 0.15) is 25.2 Å². The smallest absolute Gasteiger partial charge is 0.331 e. The first kappa shape index (κ1) is 17.5. The lowest BCUT2D eigenvalue weighted by molar-refractivity contribution is -0.149. The third kappa shape index (κ3) is 3.85. The SMILES string of the molecule is C[C@H](OC(=O)/C=C/c1ccc(Br)o1)C(=O)N1c2ccccc2C[C@@H]1C. The molecule has 6 heteroatoms. The second-order valence-corrected chi connectivity index (χ2v) is 6.73. The van der Waals surface area contributed by atoms with E-state index in [-0.39, 0.29) is 11.9 Å². The van der Waals surface area contributed by atoms with Crippen molar-refractivity contribution < 1.29 is 18.7 Å². The summed E-state index contributed by atoms with van der Waals surface area (Å²) in [5.74, 6) is -0.293. The van der Waals surface area contributed by atoms with E-state index >= 15 is 0 Å². The molecule has 0 bridgehead atoms. The Labute approximate surface area is 154 Å². The number of furan rings is 1. The van der Waals surface area contributed by atoms with Gasteiger partial charge in [-0.2, -0.15) is 0 Å². The molecule has 0 fully saturated rings. The van der Waals surface area contributed by atoms with Gasteiger partial charge in [0.25, 0.3) is 5.91 Å². The molecule has 0 N–H and O–H groups in total. The van der Waals surface area contributed by atoms with Crippen LogP contribution in [0.15, 0.2) is 51.6 Å². The van der Waals surface area contributed by atoms with E-state index in [1.165, 1.54) is 12.2 Å². The number of fused-ring (bicyclic) bond motifs is 1. The number of carbonyl (C=O) groups excluding carboxylic acids is 2. The summed E-state index contributed by atoms with van der Waals surface area (Å²) >= 11 is 3.19. The van der Waals surface area contributed by atoms with Gasteiger partial charge in [0, 0.05) is 17.8 Å². The number of halogens is 1. The van der Waals surface area contributed by atoms with Gasteiger partial charge in [0.1, 0.15) is 5.76 Å². The molecule has 2 atom stereocenters. The van der Waals surface area contributed by atoms with Gasteiger partial charge in [-0.25, -0.2) is 4.79 Å². The molecule has 0 spiro atoms. The van der Waals surface area contributed by atoms with Crippen molar-refractivity contribution >= 4 is 39.6 Å². The van der Waals surface area contributed by atoms with Crippen molar-refractivity contribution in [2.45, 2.75) is 32.4 Å². The molecule has 5 nitrogen and oxygen atoms in total. The molecule has 2 heterocycles. The molecular formula is C19H18BrNO4. The van der Waals surface area contributed by atoms with Gasteiger partial charge in [-0.1, -0.05) is 18.2 Å². The van der Waals surface area contributed by atoms with E-state index < -0.39 is 12.1 Å². The Hall–Kier alpha value is -2.34. The summed E-state index contributed by atoms with van der Waals surface area (Å²) in [5, 5.41) is 0. The summed E-state index contributed by atoms with van der Waals surface area (Å²) in [6, 6.07) is 11.3. The van der Waals surface area contributed by atoms with Crippen molar-refractivity contribution in [3.8, 4) is 0 Å². The van der Waals surface area contributed by atoms with Crippen LogP contribution in [-0.4, -0.2) is 24.0 Å². The van der Waals surface area contributed by atoms with E-state index in [1.54, 1.807) is 24.0 Å². The lowest BCUT2D eigenvalue weighted by Gasteiger charge is -2.25. The molecule has 1 amide bonds. The molecule has 0 aliphatic carbocycles. The first-order chi connectivity index (χ1) is 12.0. The Morgan fingerprint density at radius 1 is 1.32 bits per heavy atom. The number of hydrogen-bond acceptors (Lipinski definition) is 4. The summed E-state index contributed by atoms with van der Waals surface area (Å²) in [7, 11) is 0. The maximum absolute atomic E-state index is 12.7. The van der Waals surface area contributed by atoms with E-state index in [4.69, 9.17) is 9.15 Å². The molecule has 0 unspecified atom stereocenters. The van der Waals surface area contributed by atoms with Gasteiger partial charge < -0.3 is 14.1 Å². The maximum Gasteiger partial charge on any atom is 0.331 e. The van der Waals surface area contributed by atoms with Crippen LogP contribution >= 0.6 is 15.9 Å². The van der Waals surface area contributed by atoms with Crippen molar-refractivity contribution in [2.24, 2.45) is 0 Å². The monoisotopic (exact) mass is 403 g/mol. The third-order valence-corrected chi connectivity index (χ3v) is 4.49. The lowest BCUT2D eigenvalue weighted by atomic mass is 10.1. The quantitative estimate of drug-likeness (QED) is 0.572. The number of ether oxygens (including phenoxy) is 1. The molecule has 2 aromatic rings. The Morgan fingerprint density at radius 2 is 2.08 bits per heavy atom. The Bertz CT molecular complexity index is 826. The van der Waals surface area contributed by atoms with Crippen LogP contribution in [0.3, 0.4) is 0 Å². The summed E-state index contributed by atoms with van der Waals surface area (Å²) in [5.41, 5.74) is 2.02. The minimum atomic E-state index is -0.867. The maximum atomic E-state index is 12.7. The van der Waals surface area contributed by atoms with Crippen molar-refractivity contribution in [1.29, 1.82) is 0 Å². The molecule has 25 heavy (non-hydrogen) atoms. The van der Waals surface area contributed by atoms with Gasteiger partial charge >= 0.3 is 5.97 Å². The Balaban J connectivity index is 1.65. The lowest BCUT2D eigenvalue weighted by Crippen LogP contribution is -2.43. The first-order valence-electron chi connectivity index (χ1n) is 8.00. The summed E-state index contributed by atoms with van der Waals surface area (Å²) in [4.78, 5) is 26.4. The van der Waals surface area contributed by atoms with Gasteiger partial charge in [0.15, 0.2) is 10.8 Å². The average Bonchev–Trinajstić information content (AvgIpc) is 3.14. The van der Waals surface area contributed by atoms with E-state index in [0.717, 1.165) is 17.7 Å². The van der Waals surface area contributed by atoms with Gasteiger partial charge in [-0.15, -0.1) is 0 Å². The van der Waals surface area contributed by atoms with E-state index in [9.17, 15) is 9.59 Å². The second-order valence-electron chi connectivity index (χ2n) is 5.94. The highest BCUT2D eigenvalue weighted by atomic mass is 79.9. The number of para-hydroxylation sites is 1. The van der Waals surface area contributed by atoms with Crippen molar-refractivity contribution in [1.82, 2.24) is 0 Å².